The van der Waals surface area contributed by atoms with Gasteiger partial charge in [-0.15, -0.1) is 0 Å². The molecule has 0 aliphatic rings. The first-order valence-electron chi connectivity index (χ1n) is 6.19. The van der Waals surface area contributed by atoms with Crippen molar-refractivity contribution in [1.29, 1.82) is 0 Å². The standard InChI is InChI=1S/C16H10BrCl2NO/c1-21-15-8-11(16-12(18)3-2-4-13(16)19)10-7-9(17)5-6-14(10)20-15/h2-8H,1H3. The van der Waals surface area contributed by atoms with Gasteiger partial charge in [0, 0.05) is 31.5 Å². The summed E-state index contributed by atoms with van der Waals surface area (Å²) in [5, 5.41) is 2.15. The van der Waals surface area contributed by atoms with E-state index in [1.54, 1.807) is 7.11 Å². The molecule has 1 heterocycles. The van der Waals surface area contributed by atoms with E-state index in [-0.39, 0.29) is 0 Å². The summed E-state index contributed by atoms with van der Waals surface area (Å²) in [5.41, 5.74) is 2.50. The van der Waals surface area contributed by atoms with E-state index in [4.69, 9.17) is 27.9 Å². The Balaban J connectivity index is 2.42. The second-order valence-corrected chi connectivity index (χ2v) is 6.20. The van der Waals surface area contributed by atoms with Gasteiger partial charge in [-0.1, -0.05) is 45.2 Å². The van der Waals surface area contributed by atoms with Crippen LogP contribution in [0, 0.1) is 0 Å². The first kappa shape index (κ1) is 14.6. The Bertz CT molecular complexity index is 816. The average molecular weight is 383 g/mol. The van der Waals surface area contributed by atoms with Gasteiger partial charge in [-0.3, -0.25) is 0 Å². The topological polar surface area (TPSA) is 22.1 Å². The van der Waals surface area contributed by atoms with Crippen LogP contribution in [0.15, 0.2) is 46.9 Å². The summed E-state index contributed by atoms with van der Waals surface area (Å²) in [6.45, 7) is 0. The summed E-state index contributed by atoms with van der Waals surface area (Å²) in [4.78, 5) is 4.45. The number of nitrogens with zero attached hydrogens (tertiary/aromatic N) is 1. The first-order valence-corrected chi connectivity index (χ1v) is 7.73. The molecule has 3 rings (SSSR count). The molecule has 0 aliphatic heterocycles. The number of methoxy groups -OCH3 is 1. The van der Waals surface area contributed by atoms with Gasteiger partial charge < -0.3 is 4.74 Å². The number of aromatic nitrogens is 1. The summed E-state index contributed by atoms with van der Waals surface area (Å²) < 4.78 is 6.25. The van der Waals surface area contributed by atoms with Crippen LogP contribution < -0.4 is 4.74 Å². The van der Waals surface area contributed by atoms with Crippen LogP contribution in [-0.4, -0.2) is 12.1 Å². The van der Waals surface area contributed by atoms with Crippen molar-refractivity contribution in [2.75, 3.05) is 7.11 Å². The number of benzene rings is 2. The summed E-state index contributed by atoms with van der Waals surface area (Å²) in [7, 11) is 1.59. The van der Waals surface area contributed by atoms with Crippen molar-refractivity contribution < 1.29 is 4.74 Å². The highest BCUT2D eigenvalue weighted by molar-refractivity contribution is 9.10. The van der Waals surface area contributed by atoms with Crippen molar-refractivity contribution in [3.8, 4) is 17.0 Å². The molecule has 106 valence electrons. The molecule has 0 N–H and O–H groups in total. The maximum atomic E-state index is 6.34. The molecule has 0 saturated carbocycles. The minimum atomic E-state index is 0.524. The smallest absolute Gasteiger partial charge is 0.214 e. The number of pyridine rings is 1. The average Bonchev–Trinajstić information content (AvgIpc) is 2.47. The van der Waals surface area contributed by atoms with Crippen molar-refractivity contribution in [2.24, 2.45) is 0 Å². The Labute approximate surface area is 140 Å². The lowest BCUT2D eigenvalue weighted by molar-refractivity contribution is 0.400. The molecular formula is C16H10BrCl2NO. The fourth-order valence-electron chi connectivity index (χ4n) is 2.24. The largest absolute Gasteiger partial charge is 0.481 e. The maximum absolute atomic E-state index is 6.34. The predicted octanol–water partition coefficient (Wildman–Crippen LogP) is 5.98. The van der Waals surface area contributed by atoms with Crippen LogP contribution in [-0.2, 0) is 0 Å². The SMILES string of the molecule is COc1cc(-c2c(Cl)cccc2Cl)c2cc(Br)ccc2n1. The number of rotatable bonds is 2. The zero-order valence-electron chi connectivity index (χ0n) is 11.0. The number of halogens is 3. The van der Waals surface area contributed by atoms with Crippen LogP contribution in [0.25, 0.3) is 22.0 Å². The van der Waals surface area contributed by atoms with Crippen molar-refractivity contribution in [3.05, 3.63) is 57.0 Å². The number of fused-ring (bicyclic) bond motifs is 1. The first-order chi connectivity index (χ1) is 10.1. The van der Waals surface area contributed by atoms with Crippen LogP contribution in [0.2, 0.25) is 10.0 Å². The molecule has 0 atom stereocenters. The molecule has 0 saturated heterocycles. The highest BCUT2D eigenvalue weighted by Gasteiger charge is 2.14. The third-order valence-corrected chi connectivity index (χ3v) is 4.31. The summed E-state index contributed by atoms with van der Waals surface area (Å²) in [5.74, 6) is 0.524. The molecule has 0 bridgehead atoms. The lowest BCUT2D eigenvalue weighted by Gasteiger charge is -2.12. The Morgan fingerprint density at radius 1 is 1.05 bits per heavy atom. The molecule has 21 heavy (non-hydrogen) atoms. The van der Waals surface area contributed by atoms with Gasteiger partial charge in [0.05, 0.1) is 12.6 Å². The maximum Gasteiger partial charge on any atom is 0.214 e. The number of ether oxygens (including phenoxy) is 1. The molecule has 0 radical (unpaired) electrons. The Morgan fingerprint density at radius 2 is 1.76 bits per heavy atom. The van der Waals surface area contributed by atoms with E-state index < -0.39 is 0 Å². The highest BCUT2D eigenvalue weighted by Crippen LogP contribution is 2.40. The summed E-state index contributed by atoms with van der Waals surface area (Å²) >= 11 is 16.2. The molecule has 2 nitrogen and oxygen atoms in total. The van der Waals surface area contributed by atoms with Crippen molar-refractivity contribution >= 4 is 50.0 Å². The third-order valence-electron chi connectivity index (χ3n) is 3.19. The normalized spacial score (nSPS) is 10.9. The molecule has 1 aromatic heterocycles. The van der Waals surface area contributed by atoms with Crippen LogP contribution in [0.3, 0.4) is 0 Å². The van der Waals surface area contributed by atoms with E-state index >= 15 is 0 Å². The van der Waals surface area contributed by atoms with Gasteiger partial charge in [-0.05, 0) is 35.9 Å². The summed E-state index contributed by atoms with van der Waals surface area (Å²) in [6, 6.07) is 13.2. The second kappa shape index (κ2) is 5.84. The van der Waals surface area contributed by atoms with Gasteiger partial charge in [0.25, 0.3) is 0 Å². The molecule has 0 spiro atoms. The molecular weight excluding hydrogens is 373 g/mol. The lowest BCUT2D eigenvalue weighted by atomic mass is 10.0. The number of hydrogen-bond acceptors (Lipinski definition) is 2. The molecule has 2 aromatic carbocycles. The van der Waals surface area contributed by atoms with E-state index in [1.807, 2.05) is 42.5 Å². The van der Waals surface area contributed by atoms with Gasteiger partial charge in [0.1, 0.15) is 0 Å². The van der Waals surface area contributed by atoms with E-state index in [0.717, 1.165) is 26.5 Å². The Morgan fingerprint density at radius 3 is 2.43 bits per heavy atom. The third kappa shape index (κ3) is 2.73. The van der Waals surface area contributed by atoms with Crippen molar-refractivity contribution in [2.45, 2.75) is 0 Å². The fourth-order valence-corrected chi connectivity index (χ4v) is 3.20. The molecule has 0 aliphatic carbocycles. The Hall–Kier alpha value is -1.29. The van der Waals surface area contributed by atoms with Crippen LogP contribution >= 0.6 is 39.1 Å². The summed E-state index contributed by atoms with van der Waals surface area (Å²) in [6.07, 6.45) is 0. The molecule has 3 aromatic rings. The van der Waals surface area contributed by atoms with E-state index in [9.17, 15) is 0 Å². The molecule has 0 amide bonds. The Kier molecular flexibility index (Phi) is 4.07. The zero-order valence-corrected chi connectivity index (χ0v) is 14.1. The van der Waals surface area contributed by atoms with Crippen LogP contribution in [0.4, 0.5) is 0 Å². The zero-order chi connectivity index (χ0) is 15.0. The van der Waals surface area contributed by atoms with E-state index in [2.05, 4.69) is 20.9 Å². The highest BCUT2D eigenvalue weighted by atomic mass is 79.9. The van der Waals surface area contributed by atoms with E-state index in [0.29, 0.717) is 15.9 Å². The minimum Gasteiger partial charge on any atom is -0.481 e. The van der Waals surface area contributed by atoms with E-state index in [1.165, 1.54) is 0 Å². The van der Waals surface area contributed by atoms with Gasteiger partial charge in [0.15, 0.2) is 0 Å². The number of hydrogen-bond donors (Lipinski definition) is 0. The monoisotopic (exact) mass is 381 g/mol. The van der Waals surface area contributed by atoms with Crippen LogP contribution in [0.1, 0.15) is 0 Å². The van der Waals surface area contributed by atoms with Gasteiger partial charge in [0.2, 0.25) is 5.88 Å². The molecule has 5 heteroatoms. The lowest BCUT2D eigenvalue weighted by Crippen LogP contribution is -1.92. The van der Waals surface area contributed by atoms with Gasteiger partial charge in [-0.2, -0.15) is 0 Å². The van der Waals surface area contributed by atoms with Crippen molar-refractivity contribution in [1.82, 2.24) is 4.98 Å². The predicted molar refractivity (Wildman–Crippen MR) is 91.5 cm³/mol. The fraction of sp³-hybridized carbons (Fsp3) is 0.0625. The van der Waals surface area contributed by atoms with Gasteiger partial charge >= 0.3 is 0 Å². The van der Waals surface area contributed by atoms with Gasteiger partial charge in [-0.25, -0.2) is 4.98 Å². The quantitative estimate of drug-likeness (QED) is 0.543. The molecule has 0 fully saturated rings. The van der Waals surface area contributed by atoms with Crippen molar-refractivity contribution in [3.63, 3.8) is 0 Å². The van der Waals surface area contributed by atoms with Crippen LogP contribution in [0.5, 0.6) is 5.88 Å². The molecule has 0 unspecified atom stereocenters. The minimum absolute atomic E-state index is 0.524. The second-order valence-electron chi connectivity index (χ2n) is 4.47.